The molecular formula is C18H14BrN3O5. The van der Waals surface area contributed by atoms with Crippen LogP contribution in [0.4, 0.5) is 10.5 Å². The molecule has 8 nitrogen and oxygen atoms in total. The second-order valence-electron chi connectivity index (χ2n) is 5.45. The molecule has 0 spiro atoms. The zero-order valence-electron chi connectivity index (χ0n) is 14.1. The van der Waals surface area contributed by atoms with Crippen molar-refractivity contribution in [2.45, 2.75) is 6.92 Å². The molecule has 1 aliphatic rings. The Kier molecular flexibility index (Phi) is 5.22. The maximum atomic E-state index is 12.8. The minimum atomic E-state index is -0.838. The first-order valence-electron chi connectivity index (χ1n) is 7.89. The molecule has 1 fully saturated rings. The zero-order valence-corrected chi connectivity index (χ0v) is 15.7. The van der Waals surface area contributed by atoms with Crippen molar-refractivity contribution in [3.05, 3.63) is 52.3 Å². The van der Waals surface area contributed by atoms with E-state index in [1.54, 1.807) is 6.92 Å². The molecule has 1 aromatic heterocycles. The van der Waals surface area contributed by atoms with Gasteiger partial charge in [-0.2, -0.15) is 0 Å². The third-order valence-electron chi connectivity index (χ3n) is 3.68. The minimum absolute atomic E-state index is 0.0907. The number of benzene rings is 1. The van der Waals surface area contributed by atoms with Gasteiger partial charge in [-0.15, -0.1) is 0 Å². The number of barbiturate groups is 1. The van der Waals surface area contributed by atoms with Gasteiger partial charge in [0.1, 0.15) is 5.57 Å². The average molecular weight is 432 g/mol. The number of nitrogens with zero attached hydrogens (tertiary/aromatic N) is 2. The number of carbonyl (C=O) groups excluding carboxylic acids is 3. The van der Waals surface area contributed by atoms with Crippen LogP contribution in [0.15, 0.2) is 46.7 Å². The number of hydrogen-bond acceptors (Lipinski definition) is 6. The van der Waals surface area contributed by atoms with Gasteiger partial charge in [-0.05, 0) is 58.8 Å². The number of phenolic OH excluding ortho intramolecular Hbond substituents is 1. The topological polar surface area (TPSA) is 109 Å². The summed E-state index contributed by atoms with van der Waals surface area (Å²) in [7, 11) is 0. The number of aromatic hydroxyl groups is 1. The van der Waals surface area contributed by atoms with Crippen LogP contribution in [0.1, 0.15) is 12.5 Å². The number of halogens is 1. The highest BCUT2D eigenvalue weighted by Crippen LogP contribution is 2.36. The van der Waals surface area contributed by atoms with Crippen molar-refractivity contribution in [3.63, 3.8) is 0 Å². The lowest BCUT2D eigenvalue weighted by Gasteiger charge is -2.26. The maximum absolute atomic E-state index is 12.8. The van der Waals surface area contributed by atoms with Gasteiger partial charge in [0, 0.05) is 12.4 Å². The van der Waals surface area contributed by atoms with Crippen molar-refractivity contribution < 1.29 is 24.2 Å². The number of amides is 4. The summed E-state index contributed by atoms with van der Waals surface area (Å²) in [5, 5.41) is 12.1. The van der Waals surface area contributed by atoms with Gasteiger partial charge in [0.05, 0.1) is 16.8 Å². The Morgan fingerprint density at radius 2 is 1.96 bits per heavy atom. The number of hydrogen-bond donors (Lipinski definition) is 2. The predicted octanol–water partition coefficient (Wildman–Crippen LogP) is 2.61. The molecule has 0 saturated carbocycles. The zero-order chi connectivity index (χ0) is 19.6. The Morgan fingerprint density at radius 3 is 2.63 bits per heavy atom. The van der Waals surface area contributed by atoms with E-state index in [0.29, 0.717) is 16.6 Å². The van der Waals surface area contributed by atoms with E-state index in [4.69, 9.17) is 4.74 Å². The van der Waals surface area contributed by atoms with Gasteiger partial charge >= 0.3 is 6.03 Å². The fourth-order valence-corrected chi connectivity index (χ4v) is 2.95. The number of imide groups is 2. The van der Waals surface area contributed by atoms with Gasteiger partial charge < -0.3 is 9.84 Å². The fraction of sp³-hybridized carbons (Fsp3) is 0.111. The standard InChI is InChI=1S/C18H14BrN3O5/c1-2-27-14-9-10(8-13(19)15(14)23)7-12-16(24)21-18(26)22(17(12)25)11-3-5-20-6-4-11/h3-9,23H,2H2,1H3,(H,21,24,26)/b12-7+. The Labute approximate surface area is 162 Å². The number of aromatic nitrogens is 1. The van der Waals surface area contributed by atoms with E-state index in [1.165, 1.54) is 42.7 Å². The largest absolute Gasteiger partial charge is 0.503 e. The van der Waals surface area contributed by atoms with E-state index >= 15 is 0 Å². The molecule has 0 atom stereocenters. The van der Waals surface area contributed by atoms with Crippen LogP contribution >= 0.6 is 15.9 Å². The predicted molar refractivity (Wildman–Crippen MR) is 100 cm³/mol. The van der Waals surface area contributed by atoms with Gasteiger partial charge in [-0.1, -0.05) is 0 Å². The van der Waals surface area contributed by atoms with Crippen molar-refractivity contribution in [3.8, 4) is 11.5 Å². The van der Waals surface area contributed by atoms with E-state index in [2.05, 4.69) is 26.2 Å². The molecule has 0 unspecified atom stereocenters. The molecule has 4 amide bonds. The summed E-state index contributed by atoms with van der Waals surface area (Å²) in [6, 6.07) is 5.14. The summed E-state index contributed by atoms with van der Waals surface area (Å²) < 4.78 is 5.68. The van der Waals surface area contributed by atoms with Crippen molar-refractivity contribution in [1.29, 1.82) is 0 Å². The Morgan fingerprint density at radius 1 is 1.26 bits per heavy atom. The summed E-state index contributed by atoms with van der Waals surface area (Å²) in [6.07, 6.45) is 4.19. The van der Waals surface area contributed by atoms with E-state index in [-0.39, 0.29) is 22.8 Å². The molecule has 9 heteroatoms. The quantitative estimate of drug-likeness (QED) is 0.568. The first-order chi connectivity index (χ1) is 12.9. The van der Waals surface area contributed by atoms with Gasteiger partial charge in [0.25, 0.3) is 11.8 Å². The molecule has 3 rings (SSSR count). The summed E-state index contributed by atoms with van der Waals surface area (Å²) in [5.41, 5.74) is 0.491. The number of urea groups is 1. The molecule has 0 radical (unpaired) electrons. The van der Waals surface area contributed by atoms with Crippen LogP contribution < -0.4 is 15.0 Å². The average Bonchev–Trinajstić information content (AvgIpc) is 2.63. The molecule has 2 aromatic rings. The molecule has 1 aromatic carbocycles. The molecule has 2 heterocycles. The van der Waals surface area contributed by atoms with E-state index in [9.17, 15) is 19.5 Å². The van der Waals surface area contributed by atoms with Crippen molar-refractivity contribution in [2.75, 3.05) is 11.5 Å². The van der Waals surface area contributed by atoms with Crippen LogP contribution in [0.5, 0.6) is 11.5 Å². The van der Waals surface area contributed by atoms with Crippen LogP contribution in [0.25, 0.3) is 6.08 Å². The normalized spacial score (nSPS) is 15.9. The molecule has 0 bridgehead atoms. The van der Waals surface area contributed by atoms with Crippen LogP contribution in [-0.4, -0.2) is 34.5 Å². The SMILES string of the molecule is CCOc1cc(/C=C2\C(=O)NC(=O)N(c3ccncc3)C2=O)cc(Br)c1O. The van der Waals surface area contributed by atoms with Crippen molar-refractivity contribution >= 4 is 45.5 Å². The highest BCUT2D eigenvalue weighted by molar-refractivity contribution is 9.10. The number of carbonyl (C=O) groups is 3. The first-order valence-corrected chi connectivity index (χ1v) is 8.68. The Balaban J connectivity index is 2.03. The fourth-order valence-electron chi connectivity index (χ4n) is 2.49. The number of rotatable bonds is 4. The monoisotopic (exact) mass is 431 g/mol. The van der Waals surface area contributed by atoms with E-state index in [1.807, 2.05) is 0 Å². The Bertz CT molecular complexity index is 959. The second-order valence-corrected chi connectivity index (χ2v) is 6.30. The number of anilines is 1. The minimum Gasteiger partial charge on any atom is -0.503 e. The second kappa shape index (κ2) is 7.58. The number of phenols is 1. The van der Waals surface area contributed by atoms with E-state index in [0.717, 1.165) is 4.90 Å². The molecule has 138 valence electrons. The van der Waals surface area contributed by atoms with Crippen molar-refractivity contribution in [2.24, 2.45) is 0 Å². The number of ether oxygens (including phenoxy) is 1. The lowest BCUT2D eigenvalue weighted by molar-refractivity contribution is -0.122. The first kappa shape index (κ1) is 18.6. The molecular weight excluding hydrogens is 418 g/mol. The van der Waals surface area contributed by atoms with Gasteiger partial charge in [0.2, 0.25) is 0 Å². The van der Waals surface area contributed by atoms with Gasteiger partial charge in [-0.25, -0.2) is 9.69 Å². The maximum Gasteiger partial charge on any atom is 0.335 e. The van der Waals surface area contributed by atoms with Crippen LogP contribution in [0.2, 0.25) is 0 Å². The van der Waals surface area contributed by atoms with E-state index < -0.39 is 17.8 Å². The lowest BCUT2D eigenvalue weighted by atomic mass is 10.1. The highest BCUT2D eigenvalue weighted by Gasteiger charge is 2.36. The smallest absolute Gasteiger partial charge is 0.335 e. The van der Waals surface area contributed by atoms with Crippen LogP contribution in [0.3, 0.4) is 0 Å². The molecule has 2 N–H and O–H groups in total. The van der Waals surface area contributed by atoms with Crippen molar-refractivity contribution in [1.82, 2.24) is 10.3 Å². The summed E-state index contributed by atoms with van der Waals surface area (Å²) >= 11 is 3.20. The summed E-state index contributed by atoms with van der Waals surface area (Å²) in [6.45, 7) is 2.08. The lowest BCUT2D eigenvalue weighted by Crippen LogP contribution is -2.54. The summed E-state index contributed by atoms with van der Waals surface area (Å²) in [4.78, 5) is 41.8. The molecule has 27 heavy (non-hydrogen) atoms. The number of pyridine rings is 1. The van der Waals surface area contributed by atoms with Crippen LogP contribution in [0, 0.1) is 0 Å². The molecule has 1 saturated heterocycles. The third kappa shape index (κ3) is 3.68. The highest BCUT2D eigenvalue weighted by atomic mass is 79.9. The molecule has 1 aliphatic heterocycles. The summed E-state index contributed by atoms with van der Waals surface area (Å²) in [5.74, 6) is -1.47. The van der Waals surface area contributed by atoms with Gasteiger partial charge in [0.15, 0.2) is 11.5 Å². The Hall–Kier alpha value is -3.20. The van der Waals surface area contributed by atoms with Crippen LogP contribution in [-0.2, 0) is 9.59 Å². The number of nitrogens with one attached hydrogen (secondary N) is 1. The van der Waals surface area contributed by atoms with Gasteiger partial charge in [-0.3, -0.25) is 19.9 Å². The molecule has 0 aliphatic carbocycles. The third-order valence-corrected chi connectivity index (χ3v) is 4.29.